The number of ether oxygens (including phenoxy) is 1. The summed E-state index contributed by atoms with van der Waals surface area (Å²) in [5, 5.41) is 4.15. The fourth-order valence-corrected chi connectivity index (χ4v) is 4.54. The topological polar surface area (TPSA) is 53.9 Å². The van der Waals surface area contributed by atoms with Gasteiger partial charge in [-0.2, -0.15) is 5.10 Å². The zero-order valence-electron chi connectivity index (χ0n) is 18.9. The zero-order chi connectivity index (χ0) is 22.4. The number of hydrazone groups is 1. The molecule has 1 amide bonds. The standard InChI is InChI=1S/C25H31N3O2S/c1-6-13-28-23-12-7-19(14-22(23)18(2)15-25(28,3)4)16-26-27-24(29)17-31-21-10-8-20(30-5)9-11-21/h7-12,14-16H,6,13,17H2,1-5H3,(H,27,29)/b26-16+. The van der Waals surface area contributed by atoms with Gasteiger partial charge in [0.2, 0.25) is 5.91 Å². The summed E-state index contributed by atoms with van der Waals surface area (Å²) in [4.78, 5) is 15.6. The third-order valence-electron chi connectivity index (χ3n) is 5.28. The van der Waals surface area contributed by atoms with Crippen molar-refractivity contribution in [3.63, 3.8) is 0 Å². The Kier molecular flexibility index (Phi) is 7.44. The number of amides is 1. The molecule has 1 N–H and O–H groups in total. The fraction of sp³-hybridized carbons (Fsp3) is 0.360. The van der Waals surface area contributed by atoms with E-state index in [1.807, 2.05) is 24.3 Å². The van der Waals surface area contributed by atoms with E-state index in [0.717, 1.165) is 29.2 Å². The lowest BCUT2D eigenvalue weighted by Crippen LogP contribution is -2.45. The normalized spacial score (nSPS) is 14.9. The lowest BCUT2D eigenvalue weighted by molar-refractivity contribution is -0.118. The van der Waals surface area contributed by atoms with Crippen LogP contribution in [0.5, 0.6) is 5.75 Å². The van der Waals surface area contributed by atoms with Crippen LogP contribution in [0.25, 0.3) is 5.57 Å². The number of carbonyl (C=O) groups is 1. The lowest BCUT2D eigenvalue weighted by atomic mass is 9.88. The van der Waals surface area contributed by atoms with Gasteiger partial charge < -0.3 is 9.64 Å². The minimum Gasteiger partial charge on any atom is -0.497 e. The molecule has 5 nitrogen and oxygen atoms in total. The molecule has 0 unspecified atom stereocenters. The highest BCUT2D eigenvalue weighted by Gasteiger charge is 2.30. The van der Waals surface area contributed by atoms with Crippen LogP contribution in [0.3, 0.4) is 0 Å². The third kappa shape index (κ3) is 5.70. The maximum atomic E-state index is 12.1. The summed E-state index contributed by atoms with van der Waals surface area (Å²) < 4.78 is 5.15. The van der Waals surface area contributed by atoms with E-state index >= 15 is 0 Å². The molecule has 0 saturated carbocycles. The van der Waals surface area contributed by atoms with Crippen molar-refractivity contribution in [1.29, 1.82) is 0 Å². The summed E-state index contributed by atoms with van der Waals surface area (Å²) in [6, 6.07) is 14.0. The Balaban J connectivity index is 1.61. The van der Waals surface area contributed by atoms with E-state index in [1.165, 1.54) is 28.6 Å². The minimum absolute atomic E-state index is 0.00176. The Morgan fingerprint density at radius 2 is 1.97 bits per heavy atom. The highest BCUT2D eigenvalue weighted by molar-refractivity contribution is 8.00. The molecule has 1 aliphatic heterocycles. The smallest absolute Gasteiger partial charge is 0.250 e. The van der Waals surface area contributed by atoms with Crippen molar-refractivity contribution >= 4 is 35.1 Å². The van der Waals surface area contributed by atoms with Gasteiger partial charge in [0.1, 0.15) is 5.75 Å². The highest BCUT2D eigenvalue weighted by Crippen LogP contribution is 2.39. The van der Waals surface area contributed by atoms with Crippen LogP contribution < -0.4 is 15.1 Å². The van der Waals surface area contributed by atoms with Gasteiger partial charge in [0.15, 0.2) is 0 Å². The Morgan fingerprint density at radius 3 is 2.65 bits per heavy atom. The number of methoxy groups -OCH3 is 1. The van der Waals surface area contributed by atoms with Gasteiger partial charge in [0, 0.05) is 22.7 Å². The third-order valence-corrected chi connectivity index (χ3v) is 6.29. The quantitative estimate of drug-likeness (QED) is 0.344. The van der Waals surface area contributed by atoms with Gasteiger partial charge in [-0.3, -0.25) is 4.79 Å². The maximum absolute atomic E-state index is 12.1. The average molecular weight is 438 g/mol. The molecule has 0 atom stereocenters. The van der Waals surface area contributed by atoms with Crippen molar-refractivity contribution in [2.24, 2.45) is 5.10 Å². The van der Waals surface area contributed by atoms with Crippen LogP contribution >= 0.6 is 11.8 Å². The second-order valence-electron chi connectivity index (χ2n) is 8.17. The number of carbonyl (C=O) groups excluding carboxylic acids is 1. The molecular formula is C25H31N3O2S. The molecule has 2 aromatic carbocycles. The van der Waals surface area contributed by atoms with Crippen LogP contribution in [0.2, 0.25) is 0 Å². The van der Waals surface area contributed by atoms with Gasteiger partial charge in [-0.25, -0.2) is 5.43 Å². The molecule has 0 bridgehead atoms. The van der Waals surface area contributed by atoms with Crippen LogP contribution in [0.15, 0.2) is 58.5 Å². The average Bonchev–Trinajstić information content (AvgIpc) is 2.75. The van der Waals surface area contributed by atoms with Crippen molar-refractivity contribution in [3.8, 4) is 5.75 Å². The van der Waals surface area contributed by atoms with Gasteiger partial charge >= 0.3 is 0 Å². The number of nitrogens with zero attached hydrogens (tertiary/aromatic N) is 2. The number of nitrogens with one attached hydrogen (secondary N) is 1. The van der Waals surface area contributed by atoms with E-state index in [9.17, 15) is 4.79 Å². The predicted octanol–water partition coefficient (Wildman–Crippen LogP) is 5.35. The number of thioether (sulfide) groups is 1. The number of benzene rings is 2. The van der Waals surface area contributed by atoms with E-state index in [1.54, 1.807) is 13.3 Å². The number of anilines is 1. The van der Waals surface area contributed by atoms with Crippen molar-refractivity contribution < 1.29 is 9.53 Å². The Hall–Kier alpha value is -2.73. The number of fused-ring (bicyclic) bond motifs is 1. The molecule has 0 fully saturated rings. The van der Waals surface area contributed by atoms with Gasteiger partial charge in [-0.05, 0) is 74.7 Å². The minimum atomic E-state index is -0.137. The van der Waals surface area contributed by atoms with E-state index in [0.29, 0.717) is 5.75 Å². The molecule has 3 rings (SSSR count). The van der Waals surface area contributed by atoms with E-state index in [2.05, 4.69) is 67.4 Å². The predicted molar refractivity (Wildman–Crippen MR) is 131 cm³/mol. The monoisotopic (exact) mass is 437 g/mol. The molecule has 0 saturated heterocycles. The molecular weight excluding hydrogens is 406 g/mol. The fourth-order valence-electron chi connectivity index (χ4n) is 3.85. The summed E-state index contributed by atoms with van der Waals surface area (Å²) in [5.74, 6) is 0.966. The zero-order valence-corrected chi connectivity index (χ0v) is 19.8. The molecule has 0 radical (unpaired) electrons. The van der Waals surface area contributed by atoms with E-state index in [-0.39, 0.29) is 11.4 Å². The van der Waals surface area contributed by atoms with E-state index < -0.39 is 0 Å². The number of rotatable bonds is 8. The number of hydrogen-bond donors (Lipinski definition) is 1. The molecule has 0 spiro atoms. The van der Waals surface area contributed by atoms with Crippen molar-refractivity contribution in [2.45, 2.75) is 44.6 Å². The summed E-state index contributed by atoms with van der Waals surface area (Å²) >= 11 is 1.46. The van der Waals surface area contributed by atoms with Crippen LogP contribution in [-0.2, 0) is 4.79 Å². The second-order valence-corrected chi connectivity index (χ2v) is 9.22. The van der Waals surface area contributed by atoms with Crippen molar-refractivity contribution in [3.05, 3.63) is 59.7 Å². The summed E-state index contributed by atoms with van der Waals surface area (Å²) in [5.41, 5.74) is 7.32. The summed E-state index contributed by atoms with van der Waals surface area (Å²) in [6.45, 7) is 9.88. The molecule has 1 aliphatic rings. The Labute approximate surface area is 189 Å². The van der Waals surface area contributed by atoms with Crippen molar-refractivity contribution in [1.82, 2.24) is 5.43 Å². The van der Waals surface area contributed by atoms with Crippen LogP contribution in [-0.4, -0.2) is 37.1 Å². The Morgan fingerprint density at radius 1 is 1.23 bits per heavy atom. The first-order valence-electron chi connectivity index (χ1n) is 10.5. The molecule has 31 heavy (non-hydrogen) atoms. The van der Waals surface area contributed by atoms with Crippen LogP contribution in [0, 0.1) is 0 Å². The first-order chi connectivity index (χ1) is 14.8. The van der Waals surface area contributed by atoms with Gasteiger partial charge in [-0.15, -0.1) is 11.8 Å². The molecule has 0 aliphatic carbocycles. The van der Waals surface area contributed by atoms with E-state index in [4.69, 9.17) is 4.74 Å². The lowest BCUT2D eigenvalue weighted by Gasteiger charge is -2.43. The van der Waals surface area contributed by atoms with Crippen LogP contribution in [0.1, 0.15) is 45.2 Å². The molecule has 2 aromatic rings. The number of allylic oxidation sites excluding steroid dienone is 1. The molecule has 6 heteroatoms. The Bertz CT molecular complexity index is 981. The highest BCUT2D eigenvalue weighted by atomic mass is 32.2. The van der Waals surface area contributed by atoms with Crippen LogP contribution in [0.4, 0.5) is 5.69 Å². The van der Waals surface area contributed by atoms with Gasteiger partial charge in [-0.1, -0.05) is 19.1 Å². The SMILES string of the molecule is CCCN1c2ccc(/C=N/NC(=O)CSc3ccc(OC)cc3)cc2C(C)=CC1(C)C. The molecule has 0 aromatic heterocycles. The first-order valence-corrected chi connectivity index (χ1v) is 11.5. The second kappa shape index (κ2) is 10.1. The van der Waals surface area contributed by atoms with Crippen molar-refractivity contribution in [2.75, 3.05) is 24.3 Å². The van der Waals surface area contributed by atoms with Gasteiger partial charge in [0.05, 0.1) is 24.6 Å². The number of hydrogen-bond acceptors (Lipinski definition) is 5. The first kappa shape index (κ1) is 22.9. The molecule has 164 valence electrons. The molecule has 1 heterocycles. The summed E-state index contributed by atoms with van der Waals surface area (Å²) in [7, 11) is 1.63. The maximum Gasteiger partial charge on any atom is 0.250 e. The summed E-state index contributed by atoms with van der Waals surface area (Å²) in [6.07, 6.45) is 5.12. The largest absolute Gasteiger partial charge is 0.497 e. The van der Waals surface area contributed by atoms with Gasteiger partial charge in [0.25, 0.3) is 0 Å².